The topological polar surface area (TPSA) is 66.4 Å². The van der Waals surface area contributed by atoms with Crippen LogP contribution in [0, 0.1) is 11.8 Å². The number of hydrogen-bond donors (Lipinski definition) is 2. The molecule has 3 unspecified atom stereocenters. The Morgan fingerprint density at radius 3 is 2.55 bits per heavy atom. The minimum absolute atomic E-state index is 0.142. The van der Waals surface area contributed by atoms with E-state index in [-0.39, 0.29) is 17.5 Å². The highest BCUT2D eigenvalue weighted by Gasteiger charge is 2.26. The predicted octanol–water partition coefficient (Wildman–Crippen LogP) is 2.94. The van der Waals surface area contributed by atoms with Gasteiger partial charge in [0.2, 0.25) is 0 Å². The van der Waals surface area contributed by atoms with Crippen molar-refractivity contribution in [3.05, 3.63) is 35.4 Å². The molecule has 0 aliphatic heterocycles. The zero-order chi connectivity index (χ0) is 14.7. The van der Waals surface area contributed by atoms with Crippen LogP contribution in [0.2, 0.25) is 0 Å². The summed E-state index contributed by atoms with van der Waals surface area (Å²) in [7, 11) is 0. The van der Waals surface area contributed by atoms with Gasteiger partial charge in [-0.25, -0.2) is 4.79 Å². The number of carbonyl (C=O) groups is 2. The summed E-state index contributed by atoms with van der Waals surface area (Å²) >= 11 is 0. The van der Waals surface area contributed by atoms with Crippen LogP contribution in [0.3, 0.4) is 0 Å². The molecule has 1 amide bonds. The quantitative estimate of drug-likeness (QED) is 0.891. The zero-order valence-electron chi connectivity index (χ0n) is 11.9. The lowest BCUT2D eigenvalue weighted by Gasteiger charge is -2.33. The Bertz CT molecular complexity index is 512. The minimum Gasteiger partial charge on any atom is -0.478 e. The molecule has 1 saturated carbocycles. The molecule has 1 aliphatic carbocycles. The van der Waals surface area contributed by atoms with E-state index in [9.17, 15) is 9.59 Å². The highest BCUT2D eigenvalue weighted by Crippen LogP contribution is 2.28. The summed E-state index contributed by atoms with van der Waals surface area (Å²) in [5.41, 5.74) is 0.554. The standard InChI is InChI=1S/C16H21NO3/c1-10-6-7-14(11(2)8-10)17-15(18)12-4-3-5-13(9-12)16(19)20/h3-5,9-11,14H,6-8H2,1-2H3,(H,17,18)(H,19,20). The molecule has 1 fully saturated rings. The van der Waals surface area contributed by atoms with Crippen LogP contribution in [0.4, 0.5) is 0 Å². The Kier molecular flexibility index (Phi) is 4.42. The van der Waals surface area contributed by atoms with Crippen molar-refractivity contribution in [1.29, 1.82) is 0 Å². The van der Waals surface area contributed by atoms with Crippen LogP contribution in [-0.2, 0) is 0 Å². The Labute approximate surface area is 119 Å². The maximum Gasteiger partial charge on any atom is 0.335 e. The van der Waals surface area contributed by atoms with Crippen LogP contribution in [-0.4, -0.2) is 23.0 Å². The van der Waals surface area contributed by atoms with E-state index in [1.807, 2.05) is 0 Å². The van der Waals surface area contributed by atoms with Crippen LogP contribution in [0.15, 0.2) is 24.3 Å². The van der Waals surface area contributed by atoms with Crippen molar-refractivity contribution >= 4 is 11.9 Å². The molecule has 0 heterocycles. The fourth-order valence-corrected chi connectivity index (χ4v) is 2.92. The summed E-state index contributed by atoms with van der Waals surface area (Å²) in [5.74, 6) is -0.0159. The number of benzene rings is 1. The van der Waals surface area contributed by atoms with E-state index >= 15 is 0 Å². The number of carboxylic acids is 1. The first-order valence-electron chi connectivity index (χ1n) is 7.11. The second kappa shape index (κ2) is 6.07. The highest BCUT2D eigenvalue weighted by molar-refractivity contribution is 5.97. The number of carbonyl (C=O) groups excluding carboxylic acids is 1. The van der Waals surface area contributed by atoms with Gasteiger partial charge in [-0.05, 0) is 49.3 Å². The first kappa shape index (κ1) is 14.6. The second-order valence-corrected chi connectivity index (χ2v) is 5.86. The largest absolute Gasteiger partial charge is 0.478 e. The molecule has 0 aromatic heterocycles. The number of amides is 1. The summed E-state index contributed by atoms with van der Waals surface area (Å²) in [6.45, 7) is 4.40. The van der Waals surface area contributed by atoms with Gasteiger partial charge in [0.05, 0.1) is 5.56 Å². The van der Waals surface area contributed by atoms with Crippen LogP contribution >= 0.6 is 0 Å². The molecule has 108 valence electrons. The third kappa shape index (κ3) is 3.38. The van der Waals surface area contributed by atoms with Crippen molar-refractivity contribution in [2.45, 2.75) is 39.2 Å². The number of nitrogens with one attached hydrogen (secondary N) is 1. The van der Waals surface area contributed by atoms with E-state index in [1.165, 1.54) is 12.1 Å². The molecular weight excluding hydrogens is 254 g/mol. The van der Waals surface area contributed by atoms with Crippen molar-refractivity contribution in [2.24, 2.45) is 11.8 Å². The minimum atomic E-state index is -1.01. The Hall–Kier alpha value is -1.84. The first-order valence-corrected chi connectivity index (χ1v) is 7.11. The predicted molar refractivity (Wildman–Crippen MR) is 76.8 cm³/mol. The fraction of sp³-hybridized carbons (Fsp3) is 0.500. The summed E-state index contributed by atoms with van der Waals surface area (Å²) in [6.07, 6.45) is 3.25. The number of rotatable bonds is 3. The molecule has 1 aromatic carbocycles. The van der Waals surface area contributed by atoms with Gasteiger partial charge in [-0.1, -0.05) is 19.9 Å². The molecular formula is C16H21NO3. The van der Waals surface area contributed by atoms with E-state index in [2.05, 4.69) is 19.2 Å². The average molecular weight is 275 g/mol. The molecule has 3 atom stereocenters. The van der Waals surface area contributed by atoms with E-state index < -0.39 is 5.97 Å². The van der Waals surface area contributed by atoms with Gasteiger partial charge in [0.15, 0.2) is 0 Å². The molecule has 0 bridgehead atoms. The van der Waals surface area contributed by atoms with Gasteiger partial charge >= 0.3 is 5.97 Å². The zero-order valence-corrected chi connectivity index (χ0v) is 11.9. The lowest BCUT2D eigenvalue weighted by molar-refractivity contribution is 0.0697. The maximum absolute atomic E-state index is 12.2. The van der Waals surface area contributed by atoms with Gasteiger partial charge in [-0.2, -0.15) is 0 Å². The third-order valence-corrected chi connectivity index (χ3v) is 4.12. The van der Waals surface area contributed by atoms with Crippen LogP contribution in [0.5, 0.6) is 0 Å². The van der Waals surface area contributed by atoms with Gasteiger partial charge in [0, 0.05) is 11.6 Å². The molecule has 0 spiro atoms. The monoisotopic (exact) mass is 275 g/mol. The molecule has 1 aliphatic rings. The first-order chi connectivity index (χ1) is 9.47. The number of hydrogen-bond acceptors (Lipinski definition) is 2. The molecule has 20 heavy (non-hydrogen) atoms. The van der Waals surface area contributed by atoms with Gasteiger partial charge < -0.3 is 10.4 Å². The summed E-state index contributed by atoms with van der Waals surface area (Å²) in [4.78, 5) is 23.1. The van der Waals surface area contributed by atoms with E-state index in [0.29, 0.717) is 17.4 Å². The van der Waals surface area contributed by atoms with Gasteiger partial charge in [-0.15, -0.1) is 0 Å². The van der Waals surface area contributed by atoms with Crippen LogP contribution in [0.25, 0.3) is 0 Å². The molecule has 2 N–H and O–H groups in total. The summed E-state index contributed by atoms with van der Waals surface area (Å²) in [5, 5.41) is 12.0. The van der Waals surface area contributed by atoms with Crippen molar-refractivity contribution in [3.63, 3.8) is 0 Å². The van der Waals surface area contributed by atoms with Crippen molar-refractivity contribution < 1.29 is 14.7 Å². The Morgan fingerprint density at radius 1 is 1.20 bits per heavy atom. The van der Waals surface area contributed by atoms with Gasteiger partial charge in [-0.3, -0.25) is 4.79 Å². The fourth-order valence-electron chi connectivity index (χ4n) is 2.92. The SMILES string of the molecule is CC1CCC(NC(=O)c2cccc(C(=O)O)c2)C(C)C1. The number of carboxylic acid groups (broad SMARTS) is 1. The lowest BCUT2D eigenvalue weighted by atomic mass is 9.80. The average Bonchev–Trinajstić information content (AvgIpc) is 2.42. The molecule has 4 heteroatoms. The second-order valence-electron chi connectivity index (χ2n) is 5.86. The van der Waals surface area contributed by atoms with Crippen molar-refractivity contribution in [2.75, 3.05) is 0 Å². The molecule has 2 rings (SSSR count). The Balaban J connectivity index is 2.05. The van der Waals surface area contributed by atoms with Gasteiger partial charge in [0.25, 0.3) is 5.91 Å². The van der Waals surface area contributed by atoms with Crippen LogP contribution < -0.4 is 5.32 Å². The smallest absolute Gasteiger partial charge is 0.335 e. The third-order valence-electron chi connectivity index (χ3n) is 4.12. The Morgan fingerprint density at radius 2 is 1.90 bits per heavy atom. The van der Waals surface area contributed by atoms with Crippen molar-refractivity contribution in [1.82, 2.24) is 5.32 Å². The van der Waals surface area contributed by atoms with Crippen LogP contribution in [0.1, 0.15) is 53.8 Å². The summed E-state index contributed by atoms with van der Waals surface area (Å²) < 4.78 is 0. The summed E-state index contributed by atoms with van der Waals surface area (Å²) in [6, 6.07) is 6.35. The van der Waals surface area contributed by atoms with E-state index in [1.54, 1.807) is 12.1 Å². The molecule has 0 saturated heterocycles. The number of aromatic carboxylic acids is 1. The lowest BCUT2D eigenvalue weighted by Crippen LogP contribution is -2.42. The van der Waals surface area contributed by atoms with Crippen molar-refractivity contribution in [3.8, 4) is 0 Å². The highest BCUT2D eigenvalue weighted by atomic mass is 16.4. The van der Waals surface area contributed by atoms with Gasteiger partial charge in [0.1, 0.15) is 0 Å². The maximum atomic E-state index is 12.2. The molecule has 0 radical (unpaired) electrons. The molecule has 4 nitrogen and oxygen atoms in total. The van der Waals surface area contributed by atoms with E-state index in [4.69, 9.17) is 5.11 Å². The molecule has 1 aromatic rings. The normalized spacial score (nSPS) is 26.0. The van der Waals surface area contributed by atoms with E-state index in [0.717, 1.165) is 19.3 Å².